The standard InChI is InChI=1S/C18H14Cl2N2O2S/c1-22(2)18(24)10-7-8-12(19)13(9-10)21-17(23)16-15(20)11-5-3-4-6-14(11)25-16/h3-9H,1-2H3,(H,21,23). The molecule has 0 fully saturated rings. The lowest BCUT2D eigenvalue weighted by molar-refractivity contribution is 0.0827. The van der Waals surface area contributed by atoms with Crippen molar-refractivity contribution in [3.63, 3.8) is 0 Å². The van der Waals surface area contributed by atoms with E-state index in [1.807, 2.05) is 24.3 Å². The zero-order valence-electron chi connectivity index (χ0n) is 13.5. The molecule has 0 radical (unpaired) electrons. The molecule has 3 aromatic rings. The molecule has 1 N–H and O–H groups in total. The second-order valence-corrected chi connectivity index (χ2v) is 7.43. The number of rotatable bonds is 3. The second kappa shape index (κ2) is 7.04. The fourth-order valence-electron chi connectivity index (χ4n) is 2.35. The smallest absolute Gasteiger partial charge is 0.267 e. The largest absolute Gasteiger partial charge is 0.345 e. The van der Waals surface area contributed by atoms with Crippen molar-refractivity contribution >= 4 is 62.1 Å². The quantitative estimate of drug-likeness (QED) is 0.668. The van der Waals surface area contributed by atoms with Crippen LogP contribution in [0.3, 0.4) is 0 Å². The predicted octanol–water partition coefficient (Wildman–Crippen LogP) is 5.16. The van der Waals surface area contributed by atoms with Gasteiger partial charge in [-0.15, -0.1) is 11.3 Å². The Kier molecular flexibility index (Phi) is 4.99. The van der Waals surface area contributed by atoms with Crippen LogP contribution in [-0.2, 0) is 0 Å². The minimum Gasteiger partial charge on any atom is -0.345 e. The Bertz CT molecular complexity index is 982. The van der Waals surface area contributed by atoms with E-state index in [1.54, 1.807) is 32.3 Å². The Labute approximate surface area is 159 Å². The van der Waals surface area contributed by atoms with Crippen molar-refractivity contribution in [3.8, 4) is 0 Å². The minimum absolute atomic E-state index is 0.174. The summed E-state index contributed by atoms with van der Waals surface area (Å²) >= 11 is 13.8. The number of nitrogens with one attached hydrogen (secondary N) is 1. The molecule has 0 unspecified atom stereocenters. The Balaban J connectivity index is 1.93. The average molecular weight is 393 g/mol. The number of hydrogen-bond donors (Lipinski definition) is 1. The maximum absolute atomic E-state index is 12.6. The Morgan fingerprint density at radius 2 is 1.80 bits per heavy atom. The van der Waals surface area contributed by atoms with Gasteiger partial charge in [-0.05, 0) is 24.3 Å². The first-order valence-corrected chi connectivity index (χ1v) is 8.95. The van der Waals surface area contributed by atoms with Gasteiger partial charge in [-0.3, -0.25) is 9.59 Å². The molecule has 1 aromatic heterocycles. The van der Waals surface area contributed by atoms with Crippen molar-refractivity contribution in [1.29, 1.82) is 0 Å². The van der Waals surface area contributed by atoms with Crippen LogP contribution in [0.5, 0.6) is 0 Å². The molecule has 4 nitrogen and oxygen atoms in total. The number of nitrogens with zero attached hydrogens (tertiary/aromatic N) is 1. The Hall–Kier alpha value is -2.08. The molecule has 0 atom stereocenters. The van der Waals surface area contributed by atoms with Gasteiger partial charge in [-0.2, -0.15) is 0 Å². The molecule has 0 aliphatic heterocycles. The van der Waals surface area contributed by atoms with E-state index in [4.69, 9.17) is 23.2 Å². The van der Waals surface area contributed by atoms with E-state index in [2.05, 4.69) is 5.32 Å². The molecule has 3 rings (SSSR count). The van der Waals surface area contributed by atoms with Crippen molar-refractivity contribution < 1.29 is 9.59 Å². The zero-order chi connectivity index (χ0) is 18.1. The van der Waals surface area contributed by atoms with E-state index in [1.165, 1.54) is 16.2 Å². The first kappa shape index (κ1) is 17.7. The normalized spacial score (nSPS) is 10.7. The second-order valence-electron chi connectivity index (χ2n) is 5.59. The van der Waals surface area contributed by atoms with Gasteiger partial charge < -0.3 is 10.2 Å². The molecule has 2 aromatic carbocycles. The third-order valence-corrected chi connectivity index (χ3v) is 5.61. The van der Waals surface area contributed by atoms with Gasteiger partial charge in [0.15, 0.2) is 0 Å². The summed E-state index contributed by atoms with van der Waals surface area (Å²) in [5.74, 6) is -0.533. The van der Waals surface area contributed by atoms with Gasteiger partial charge in [0, 0.05) is 29.7 Å². The number of carbonyl (C=O) groups is 2. The average Bonchev–Trinajstić information content (AvgIpc) is 2.93. The van der Waals surface area contributed by atoms with E-state index >= 15 is 0 Å². The molecule has 0 bridgehead atoms. The van der Waals surface area contributed by atoms with Gasteiger partial charge >= 0.3 is 0 Å². The van der Waals surface area contributed by atoms with Crippen LogP contribution in [0, 0.1) is 0 Å². The molecule has 7 heteroatoms. The summed E-state index contributed by atoms with van der Waals surface area (Å²) in [6, 6.07) is 12.3. The van der Waals surface area contributed by atoms with Crippen LogP contribution in [0.1, 0.15) is 20.0 Å². The van der Waals surface area contributed by atoms with E-state index in [-0.39, 0.29) is 11.8 Å². The molecule has 25 heavy (non-hydrogen) atoms. The summed E-state index contributed by atoms with van der Waals surface area (Å²) in [6.07, 6.45) is 0. The van der Waals surface area contributed by atoms with Crippen molar-refractivity contribution in [2.24, 2.45) is 0 Å². The monoisotopic (exact) mass is 392 g/mol. The molecule has 0 aliphatic rings. The van der Waals surface area contributed by atoms with E-state index < -0.39 is 0 Å². The number of anilines is 1. The fraction of sp³-hybridized carbons (Fsp3) is 0.111. The SMILES string of the molecule is CN(C)C(=O)c1ccc(Cl)c(NC(=O)c2sc3ccccc3c2Cl)c1. The van der Waals surface area contributed by atoms with Crippen molar-refractivity contribution in [3.05, 3.63) is 63.0 Å². The summed E-state index contributed by atoms with van der Waals surface area (Å²) in [4.78, 5) is 26.6. The highest BCUT2D eigenvalue weighted by atomic mass is 35.5. The summed E-state index contributed by atoms with van der Waals surface area (Å²) < 4.78 is 0.931. The van der Waals surface area contributed by atoms with E-state index in [9.17, 15) is 9.59 Å². The van der Waals surface area contributed by atoms with Gasteiger partial charge in [0.05, 0.1) is 15.7 Å². The number of hydrogen-bond acceptors (Lipinski definition) is 3. The molecule has 0 aliphatic carbocycles. The van der Waals surface area contributed by atoms with Crippen molar-refractivity contribution in [2.75, 3.05) is 19.4 Å². The third kappa shape index (κ3) is 3.49. The van der Waals surface area contributed by atoms with Crippen LogP contribution < -0.4 is 5.32 Å². The Morgan fingerprint density at radius 1 is 1.08 bits per heavy atom. The fourth-order valence-corrected chi connectivity index (χ4v) is 3.93. The number of halogens is 2. The third-order valence-electron chi connectivity index (χ3n) is 3.61. The van der Waals surface area contributed by atoms with Crippen LogP contribution in [0.25, 0.3) is 10.1 Å². The highest BCUT2D eigenvalue weighted by Crippen LogP contribution is 2.36. The molecule has 0 spiro atoms. The number of amides is 2. The lowest BCUT2D eigenvalue weighted by atomic mass is 10.1. The highest BCUT2D eigenvalue weighted by Gasteiger charge is 2.19. The van der Waals surface area contributed by atoms with Crippen LogP contribution in [0.15, 0.2) is 42.5 Å². The van der Waals surface area contributed by atoms with Crippen LogP contribution >= 0.6 is 34.5 Å². The maximum atomic E-state index is 12.6. The van der Waals surface area contributed by atoms with Crippen LogP contribution in [0.2, 0.25) is 10.0 Å². The lowest BCUT2D eigenvalue weighted by Crippen LogP contribution is -2.22. The van der Waals surface area contributed by atoms with Gasteiger partial charge in [0.1, 0.15) is 4.88 Å². The van der Waals surface area contributed by atoms with Crippen LogP contribution in [0.4, 0.5) is 5.69 Å². The van der Waals surface area contributed by atoms with Crippen molar-refractivity contribution in [1.82, 2.24) is 4.90 Å². The number of carbonyl (C=O) groups excluding carboxylic acids is 2. The van der Waals surface area contributed by atoms with Gasteiger partial charge in [-0.1, -0.05) is 41.4 Å². The van der Waals surface area contributed by atoms with Crippen molar-refractivity contribution in [2.45, 2.75) is 0 Å². The molecule has 1 heterocycles. The summed E-state index contributed by atoms with van der Waals surface area (Å²) in [5.41, 5.74) is 0.806. The molecule has 2 amide bonds. The summed E-state index contributed by atoms with van der Waals surface area (Å²) in [5, 5.41) is 4.34. The van der Waals surface area contributed by atoms with Crippen LogP contribution in [-0.4, -0.2) is 30.8 Å². The molecule has 0 saturated heterocycles. The number of fused-ring (bicyclic) bond motifs is 1. The van der Waals surface area contributed by atoms with Gasteiger partial charge in [0.25, 0.3) is 11.8 Å². The summed E-state index contributed by atoms with van der Waals surface area (Å²) in [6.45, 7) is 0. The molecule has 0 saturated carbocycles. The number of benzene rings is 2. The van der Waals surface area contributed by atoms with E-state index in [0.717, 1.165) is 10.1 Å². The predicted molar refractivity (Wildman–Crippen MR) is 104 cm³/mol. The van der Waals surface area contributed by atoms with Gasteiger partial charge in [0.2, 0.25) is 0 Å². The summed E-state index contributed by atoms with van der Waals surface area (Å²) in [7, 11) is 3.32. The lowest BCUT2D eigenvalue weighted by Gasteiger charge is -2.12. The maximum Gasteiger partial charge on any atom is 0.267 e. The number of thiophene rings is 1. The highest BCUT2D eigenvalue weighted by molar-refractivity contribution is 7.21. The zero-order valence-corrected chi connectivity index (χ0v) is 15.8. The molecular weight excluding hydrogens is 379 g/mol. The van der Waals surface area contributed by atoms with E-state index in [0.29, 0.717) is 26.2 Å². The van der Waals surface area contributed by atoms with Gasteiger partial charge in [-0.25, -0.2) is 0 Å². The molecule has 128 valence electrons. The topological polar surface area (TPSA) is 49.4 Å². The first-order chi connectivity index (χ1) is 11.9. The molecular formula is C18H14Cl2N2O2S. The Morgan fingerprint density at radius 3 is 2.48 bits per heavy atom. The minimum atomic E-state index is -0.359. The first-order valence-electron chi connectivity index (χ1n) is 7.38.